The Hall–Kier alpha value is -2.62. The van der Waals surface area contributed by atoms with Gasteiger partial charge in [-0.1, -0.05) is 30.3 Å². The van der Waals surface area contributed by atoms with Crippen LogP contribution in [0.5, 0.6) is 0 Å². The monoisotopic (exact) mass is 239 g/mol. The zero-order chi connectivity index (χ0) is 12.4. The highest BCUT2D eigenvalue weighted by molar-refractivity contribution is 5.72. The minimum absolute atomic E-state index is 0.254. The minimum atomic E-state index is 0.254. The van der Waals surface area contributed by atoms with Crippen molar-refractivity contribution in [2.75, 3.05) is 0 Å². The number of carbonyl (C=O) groups excluding carboxylic acids is 1. The van der Waals surface area contributed by atoms with Gasteiger partial charge in [-0.05, 0) is 12.1 Å². The van der Waals surface area contributed by atoms with Crippen molar-refractivity contribution in [2.45, 2.75) is 0 Å². The molecule has 0 bridgehead atoms. The van der Waals surface area contributed by atoms with Crippen LogP contribution in [0.2, 0.25) is 0 Å². The Morgan fingerprint density at radius 3 is 2.50 bits per heavy atom. The Morgan fingerprint density at radius 1 is 0.944 bits per heavy atom. The van der Waals surface area contributed by atoms with Crippen LogP contribution in [0.1, 0.15) is 10.6 Å². The summed E-state index contributed by atoms with van der Waals surface area (Å²) in [5.74, 6) is 1.72. The van der Waals surface area contributed by atoms with Crippen molar-refractivity contribution < 1.29 is 13.6 Å². The SMILES string of the molecule is O=Cc1ccc(-c2ncc(-c3ccccc3)o2)o1. The van der Waals surface area contributed by atoms with Gasteiger partial charge in [0.05, 0.1) is 6.20 Å². The largest absolute Gasteiger partial charge is 0.448 e. The highest BCUT2D eigenvalue weighted by Gasteiger charge is 2.11. The van der Waals surface area contributed by atoms with E-state index in [0.29, 0.717) is 23.7 Å². The number of furan rings is 1. The second-order valence-electron chi connectivity index (χ2n) is 3.72. The number of aromatic nitrogens is 1. The molecule has 4 heteroatoms. The van der Waals surface area contributed by atoms with Gasteiger partial charge in [-0.2, -0.15) is 0 Å². The maximum absolute atomic E-state index is 10.5. The molecule has 0 aliphatic rings. The number of hydrogen-bond acceptors (Lipinski definition) is 4. The van der Waals surface area contributed by atoms with Crippen LogP contribution in [0.3, 0.4) is 0 Å². The fourth-order valence-electron chi connectivity index (χ4n) is 1.66. The normalized spacial score (nSPS) is 10.4. The molecule has 88 valence electrons. The molecule has 0 saturated heterocycles. The lowest BCUT2D eigenvalue weighted by molar-refractivity contribution is 0.110. The standard InChI is InChI=1S/C14H9NO3/c16-9-11-6-7-12(17-11)14-15-8-13(18-14)10-4-2-1-3-5-10/h1-9H. The molecule has 18 heavy (non-hydrogen) atoms. The van der Waals surface area contributed by atoms with Gasteiger partial charge in [0, 0.05) is 5.56 Å². The molecule has 2 heterocycles. The van der Waals surface area contributed by atoms with E-state index in [2.05, 4.69) is 4.98 Å². The van der Waals surface area contributed by atoms with E-state index in [9.17, 15) is 4.79 Å². The van der Waals surface area contributed by atoms with Gasteiger partial charge in [0.25, 0.3) is 5.89 Å². The minimum Gasteiger partial charge on any atom is -0.448 e. The van der Waals surface area contributed by atoms with Gasteiger partial charge in [0.15, 0.2) is 23.6 Å². The first-order valence-electron chi connectivity index (χ1n) is 5.43. The summed E-state index contributed by atoms with van der Waals surface area (Å²) >= 11 is 0. The third-order valence-electron chi connectivity index (χ3n) is 2.52. The summed E-state index contributed by atoms with van der Waals surface area (Å²) in [5.41, 5.74) is 0.943. The van der Waals surface area contributed by atoms with Gasteiger partial charge in [-0.3, -0.25) is 4.79 Å². The van der Waals surface area contributed by atoms with Crippen molar-refractivity contribution in [3.63, 3.8) is 0 Å². The Kier molecular flexibility index (Phi) is 2.53. The van der Waals surface area contributed by atoms with Crippen LogP contribution in [0, 0.1) is 0 Å². The van der Waals surface area contributed by atoms with Crippen molar-refractivity contribution >= 4 is 6.29 Å². The van der Waals surface area contributed by atoms with Crippen molar-refractivity contribution in [1.82, 2.24) is 4.98 Å². The first kappa shape index (κ1) is 10.5. The summed E-state index contributed by atoms with van der Waals surface area (Å²) in [6.07, 6.45) is 2.28. The van der Waals surface area contributed by atoms with Crippen molar-refractivity contribution in [3.8, 4) is 23.0 Å². The number of carbonyl (C=O) groups is 1. The Bertz CT molecular complexity index is 667. The summed E-state index contributed by atoms with van der Waals surface area (Å²) in [7, 11) is 0. The van der Waals surface area contributed by atoms with E-state index in [1.807, 2.05) is 30.3 Å². The number of hydrogen-bond donors (Lipinski definition) is 0. The van der Waals surface area contributed by atoms with E-state index < -0.39 is 0 Å². The molecule has 2 aromatic heterocycles. The first-order valence-corrected chi connectivity index (χ1v) is 5.43. The van der Waals surface area contributed by atoms with Crippen LogP contribution in [0.4, 0.5) is 0 Å². The molecule has 0 saturated carbocycles. The third-order valence-corrected chi connectivity index (χ3v) is 2.52. The Morgan fingerprint density at radius 2 is 1.78 bits per heavy atom. The van der Waals surface area contributed by atoms with E-state index in [0.717, 1.165) is 5.56 Å². The van der Waals surface area contributed by atoms with Crippen LogP contribution < -0.4 is 0 Å². The fraction of sp³-hybridized carbons (Fsp3) is 0. The molecule has 1 aromatic carbocycles. The van der Waals surface area contributed by atoms with Crippen LogP contribution >= 0.6 is 0 Å². The van der Waals surface area contributed by atoms with Crippen LogP contribution in [-0.4, -0.2) is 11.3 Å². The van der Waals surface area contributed by atoms with E-state index in [1.54, 1.807) is 18.3 Å². The van der Waals surface area contributed by atoms with E-state index >= 15 is 0 Å². The lowest BCUT2D eigenvalue weighted by atomic mass is 10.2. The predicted molar refractivity (Wildman–Crippen MR) is 65.0 cm³/mol. The summed E-state index contributed by atoms with van der Waals surface area (Å²) < 4.78 is 10.8. The Balaban J connectivity index is 1.96. The van der Waals surface area contributed by atoms with E-state index in [1.165, 1.54) is 0 Å². The van der Waals surface area contributed by atoms with Gasteiger partial charge in [-0.25, -0.2) is 4.98 Å². The van der Waals surface area contributed by atoms with Gasteiger partial charge < -0.3 is 8.83 Å². The smallest absolute Gasteiger partial charge is 0.263 e. The average molecular weight is 239 g/mol. The molecule has 0 aliphatic heterocycles. The molecule has 0 unspecified atom stereocenters. The molecule has 0 atom stereocenters. The maximum Gasteiger partial charge on any atom is 0.263 e. The molecular formula is C14H9NO3. The molecule has 0 aliphatic carbocycles. The third kappa shape index (κ3) is 1.84. The van der Waals surface area contributed by atoms with Crippen molar-refractivity contribution in [3.05, 3.63) is 54.4 Å². The highest BCUT2D eigenvalue weighted by atomic mass is 16.4. The Labute approximate surface area is 103 Å². The molecule has 3 rings (SSSR count). The number of aldehydes is 1. The van der Waals surface area contributed by atoms with E-state index in [4.69, 9.17) is 8.83 Å². The molecule has 0 fully saturated rings. The van der Waals surface area contributed by atoms with Gasteiger partial charge in [0.1, 0.15) is 0 Å². The number of rotatable bonds is 3. The first-order chi connectivity index (χ1) is 8.86. The van der Waals surface area contributed by atoms with Crippen molar-refractivity contribution in [2.24, 2.45) is 0 Å². The second kappa shape index (κ2) is 4.33. The molecule has 4 nitrogen and oxygen atoms in total. The predicted octanol–water partition coefficient (Wildman–Crippen LogP) is 3.41. The van der Waals surface area contributed by atoms with E-state index in [-0.39, 0.29) is 5.76 Å². The zero-order valence-electron chi connectivity index (χ0n) is 9.37. The van der Waals surface area contributed by atoms with Crippen LogP contribution in [0.15, 0.2) is 57.5 Å². The lowest BCUT2D eigenvalue weighted by Crippen LogP contribution is -1.72. The molecule has 0 amide bonds. The van der Waals surface area contributed by atoms with Crippen LogP contribution in [-0.2, 0) is 0 Å². The number of nitrogens with zero attached hydrogens (tertiary/aromatic N) is 1. The quantitative estimate of drug-likeness (QED) is 0.657. The molecule has 0 radical (unpaired) electrons. The van der Waals surface area contributed by atoms with Gasteiger partial charge in [-0.15, -0.1) is 0 Å². The summed E-state index contributed by atoms with van der Waals surface area (Å²) in [4.78, 5) is 14.7. The van der Waals surface area contributed by atoms with Crippen molar-refractivity contribution in [1.29, 1.82) is 0 Å². The average Bonchev–Trinajstić information content (AvgIpc) is 3.08. The van der Waals surface area contributed by atoms with Crippen LogP contribution in [0.25, 0.3) is 23.0 Å². The maximum atomic E-state index is 10.5. The number of oxazole rings is 1. The molecule has 0 N–H and O–H groups in total. The molecule has 0 spiro atoms. The highest BCUT2D eigenvalue weighted by Crippen LogP contribution is 2.26. The second-order valence-corrected chi connectivity index (χ2v) is 3.72. The summed E-state index contributed by atoms with van der Waals surface area (Å²) in [6, 6.07) is 12.9. The topological polar surface area (TPSA) is 56.2 Å². The number of benzene rings is 1. The summed E-state index contributed by atoms with van der Waals surface area (Å²) in [5, 5.41) is 0. The fourth-order valence-corrected chi connectivity index (χ4v) is 1.66. The lowest BCUT2D eigenvalue weighted by Gasteiger charge is -1.93. The summed E-state index contributed by atoms with van der Waals surface area (Å²) in [6.45, 7) is 0. The van der Waals surface area contributed by atoms with Gasteiger partial charge >= 0.3 is 0 Å². The van der Waals surface area contributed by atoms with Gasteiger partial charge in [0.2, 0.25) is 0 Å². The zero-order valence-corrected chi connectivity index (χ0v) is 9.37. The molecule has 3 aromatic rings. The molecular weight excluding hydrogens is 230 g/mol.